The van der Waals surface area contributed by atoms with Gasteiger partial charge in [0.25, 0.3) is 5.91 Å². The number of hydrogen-bond donors (Lipinski definition) is 3. The summed E-state index contributed by atoms with van der Waals surface area (Å²) in [5.74, 6) is 1.33. The molecule has 0 aliphatic carbocycles. The van der Waals surface area contributed by atoms with Crippen LogP contribution in [0.1, 0.15) is 22.6 Å². The molecule has 106 valence electrons. The molecule has 0 fully saturated rings. The van der Waals surface area contributed by atoms with E-state index in [9.17, 15) is 4.79 Å². The molecule has 0 saturated carbocycles. The number of aromatic amines is 1. The Morgan fingerprint density at radius 2 is 2.30 bits per heavy atom. The highest BCUT2D eigenvalue weighted by Crippen LogP contribution is 2.13. The highest BCUT2D eigenvalue weighted by Gasteiger charge is 2.08. The summed E-state index contributed by atoms with van der Waals surface area (Å²) >= 11 is 5.86. The Kier molecular flexibility index (Phi) is 4.95. The number of aryl methyl sites for hydroxylation is 1. The molecule has 0 radical (unpaired) electrons. The second-order valence-electron chi connectivity index (χ2n) is 4.21. The van der Waals surface area contributed by atoms with Gasteiger partial charge >= 0.3 is 0 Å². The third-order valence-electron chi connectivity index (χ3n) is 2.74. The molecule has 1 amide bonds. The van der Waals surface area contributed by atoms with Gasteiger partial charge in [0.2, 0.25) is 0 Å². The summed E-state index contributed by atoms with van der Waals surface area (Å²) in [4.78, 5) is 23.1. The molecule has 0 aliphatic heterocycles. The number of halogens is 1. The minimum Gasteiger partial charge on any atom is -0.373 e. The van der Waals surface area contributed by atoms with Crippen molar-refractivity contribution in [2.45, 2.75) is 12.8 Å². The van der Waals surface area contributed by atoms with E-state index in [1.165, 1.54) is 0 Å². The van der Waals surface area contributed by atoms with Crippen molar-refractivity contribution >= 4 is 23.3 Å². The largest absolute Gasteiger partial charge is 0.373 e. The van der Waals surface area contributed by atoms with E-state index in [0.717, 1.165) is 18.7 Å². The van der Waals surface area contributed by atoms with Crippen molar-refractivity contribution in [1.29, 1.82) is 0 Å². The van der Waals surface area contributed by atoms with Gasteiger partial charge in [-0.25, -0.2) is 9.97 Å². The third kappa shape index (κ3) is 3.96. The standard InChI is InChI=1S/C13H16ClN5O/c1-15-12-8-9(7-10(14)19-12)13(20)18-4-2-3-11-16-5-6-17-11/h5-8H,2-4H2,1H3,(H,15,19)(H,16,17)(H,18,20). The maximum Gasteiger partial charge on any atom is 0.251 e. The topological polar surface area (TPSA) is 82.7 Å². The maximum atomic E-state index is 12.0. The first-order valence-corrected chi connectivity index (χ1v) is 6.68. The number of anilines is 1. The van der Waals surface area contributed by atoms with Crippen molar-refractivity contribution in [3.63, 3.8) is 0 Å². The van der Waals surface area contributed by atoms with Gasteiger partial charge in [-0.15, -0.1) is 0 Å². The number of hydrogen-bond acceptors (Lipinski definition) is 4. The minimum atomic E-state index is -0.162. The van der Waals surface area contributed by atoms with E-state index >= 15 is 0 Å². The molecule has 20 heavy (non-hydrogen) atoms. The number of rotatable bonds is 6. The summed E-state index contributed by atoms with van der Waals surface area (Å²) < 4.78 is 0. The zero-order valence-electron chi connectivity index (χ0n) is 11.1. The minimum absolute atomic E-state index is 0.162. The predicted octanol–water partition coefficient (Wildman–Crippen LogP) is 1.86. The molecule has 0 aliphatic rings. The van der Waals surface area contributed by atoms with Gasteiger partial charge in [0.1, 0.15) is 16.8 Å². The number of nitrogens with one attached hydrogen (secondary N) is 3. The van der Waals surface area contributed by atoms with Crippen molar-refractivity contribution in [1.82, 2.24) is 20.3 Å². The van der Waals surface area contributed by atoms with Crippen LogP contribution >= 0.6 is 11.6 Å². The first-order chi connectivity index (χ1) is 9.69. The van der Waals surface area contributed by atoms with Crippen LogP contribution in [-0.2, 0) is 6.42 Å². The number of nitrogens with zero attached hydrogens (tertiary/aromatic N) is 2. The fourth-order valence-electron chi connectivity index (χ4n) is 1.75. The van der Waals surface area contributed by atoms with Gasteiger partial charge in [0.15, 0.2) is 0 Å². The van der Waals surface area contributed by atoms with Crippen molar-refractivity contribution < 1.29 is 4.79 Å². The molecule has 0 unspecified atom stereocenters. The number of H-pyrrole nitrogens is 1. The summed E-state index contributed by atoms with van der Waals surface area (Å²) in [6, 6.07) is 3.21. The summed E-state index contributed by atoms with van der Waals surface area (Å²) in [6.45, 7) is 0.578. The van der Waals surface area contributed by atoms with E-state index in [-0.39, 0.29) is 11.1 Å². The molecule has 0 atom stereocenters. The van der Waals surface area contributed by atoms with Crippen LogP contribution in [0.25, 0.3) is 0 Å². The molecule has 0 saturated heterocycles. The van der Waals surface area contributed by atoms with Gasteiger partial charge in [-0.2, -0.15) is 0 Å². The molecule has 2 aromatic rings. The third-order valence-corrected chi connectivity index (χ3v) is 2.94. The molecule has 0 spiro atoms. The monoisotopic (exact) mass is 293 g/mol. The molecular formula is C13H16ClN5O. The summed E-state index contributed by atoms with van der Waals surface area (Å²) in [6.07, 6.45) is 5.11. The van der Waals surface area contributed by atoms with Crippen LogP contribution < -0.4 is 10.6 Å². The normalized spacial score (nSPS) is 10.3. The zero-order valence-corrected chi connectivity index (χ0v) is 11.9. The fraction of sp³-hybridized carbons (Fsp3) is 0.308. The van der Waals surface area contributed by atoms with Crippen molar-refractivity contribution in [3.8, 4) is 0 Å². The lowest BCUT2D eigenvalue weighted by Crippen LogP contribution is -2.25. The van der Waals surface area contributed by atoms with Crippen molar-refractivity contribution in [2.24, 2.45) is 0 Å². The van der Waals surface area contributed by atoms with Crippen molar-refractivity contribution in [2.75, 3.05) is 18.9 Å². The van der Waals surface area contributed by atoms with E-state index in [1.54, 1.807) is 31.6 Å². The van der Waals surface area contributed by atoms with E-state index in [1.807, 2.05) is 0 Å². The first-order valence-electron chi connectivity index (χ1n) is 6.31. The Bertz CT molecular complexity index is 570. The van der Waals surface area contributed by atoms with Gasteiger partial charge in [-0.3, -0.25) is 4.79 Å². The number of carbonyl (C=O) groups excluding carboxylic acids is 1. The Morgan fingerprint density at radius 3 is 3.00 bits per heavy atom. The molecule has 7 heteroatoms. The number of amides is 1. The Hall–Kier alpha value is -2.08. The molecular weight excluding hydrogens is 278 g/mol. The lowest BCUT2D eigenvalue weighted by molar-refractivity contribution is 0.0953. The molecule has 2 rings (SSSR count). The van der Waals surface area contributed by atoms with Crippen LogP contribution in [0.3, 0.4) is 0 Å². The summed E-state index contributed by atoms with van der Waals surface area (Å²) in [5.41, 5.74) is 0.493. The molecule has 2 heterocycles. The lowest BCUT2D eigenvalue weighted by atomic mass is 10.2. The Balaban J connectivity index is 1.83. The highest BCUT2D eigenvalue weighted by molar-refractivity contribution is 6.29. The van der Waals surface area contributed by atoms with Crippen LogP contribution in [0.15, 0.2) is 24.5 Å². The Labute approximate surface area is 122 Å². The second kappa shape index (κ2) is 6.91. The quantitative estimate of drug-likeness (QED) is 0.561. The van der Waals surface area contributed by atoms with Gasteiger partial charge in [0, 0.05) is 38.0 Å². The SMILES string of the molecule is CNc1cc(C(=O)NCCCc2ncc[nH]2)cc(Cl)n1. The summed E-state index contributed by atoms with van der Waals surface area (Å²) in [7, 11) is 1.73. The molecule has 0 aromatic carbocycles. The molecule has 0 bridgehead atoms. The average molecular weight is 294 g/mol. The van der Waals surface area contributed by atoms with Crippen LogP contribution in [0, 0.1) is 0 Å². The number of pyridine rings is 1. The first kappa shape index (κ1) is 14.3. The zero-order chi connectivity index (χ0) is 14.4. The Morgan fingerprint density at radius 1 is 1.45 bits per heavy atom. The second-order valence-corrected chi connectivity index (χ2v) is 4.60. The lowest BCUT2D eigenvalue weighted by Gasteiger charge is -2.07. The highest BCUT2D eigenvalue weighted by atomic mass is 35.5. The number of aromatic nitrogens is 3. The van der Waals surface area contributed by atoms with Crippen molar-refractivity contribution in [3.05, 3.63) is 41.1 Å². The number of carbonyl (C=O) groups is 1. The number of imidazole rings is 1. The molecule has 2 aromatic heterocycles. The predicted molar refractivity (Wildman–Crippen MR) is 78.0 cm³/mol. The average Bonchev–Trinajstić information content (AvgIpc) is 2.95. The summed E-state index contributed by atoms with van der Waals surface area (Å²) in [5, 5.41) is 6.00. The van der Waals surface area contributed by atoms with Gasteiger partial charge in [-0.05, 0) is 18.6 Å². The van der Waals surface area contributed by atoms with Crippen LogP contribution in [0.5, 0.6) is 0 Å². The van der Waals surface area contributed by atoms with Gasteiger partial charge < -0.3 is 15.6 Å². The van der Waals surface area contributed by atoms with Crippen LogP contribution in [-0.4, -0.2) is 34.5 Å². The van der Waals surface area contributed by atoms with Gasteiger partial charge in [0.05, 0.1) is 0 Å². The maximum absolute atomic E-state index is 12.0. The van der Waals surface area contributed by atoms with E-state index in [4.69, 9.17) is 11.6 Å². The fourth-order valence-corrected chi connectivity index (χ4v) is 1.96. The van der Waals surface area contributed by atoms with E-state index < -0.39 is 0 Å². The van der Waals surface area contributed by atoms with Crippen LogP contribution in [0.4, 0.5) is 5.82 Å². The van der Waals surface area contributed by atoms with Gasteiger partial charge in [-0.1, -0.05) is 11.6 Å². The van der Waals surface area contributed by atoms with Crippen LogP contribution in [0.2, 0.25) is 5.15 Å². The van der Waals surface area contributed by atoms with E-state index in [0.29, 0.717) is 17.9 Å². The van der Waals surface area contributed by atoms with E-state index in [2.05, 4.69) is 25.6 Å². The molecule has 3 N–H and O–H groups in total. The smallest absolute Gasteiger partial charge is 0.251 e. The molecule has 6 nitrogen and oxygen atoms in total.